The van der Waals surface area contributed by atoms with Crippen LogP contribution in [0.4, 0.5) is 5.82 Å². The molecule has 1 fully saturated rings. The summed E-state index contributed by atoms with van der Waals surface area (Å²) in [6.45, 7) is 1.56. The first-order valence-corrected chi connectivity index (χ1v) is 8.42. The zero-order valence-corrected chi connectivity index (χ0v) is 14.5. The fraction of sp³-hybridized carbons (Fsp3) is 0.533. The molecule has 9 nitrogen and oxygen atoms in total. The van der Waals surface area contributed by atoms with Crippen LogP contribution in [0, 0.1) is 5.92 Å². The summed E-state index contributed by atoms with van der Waals surface area (Å²) in [5.74, 6) is 0.253. The van der Waals surface area contributed by atoms with Crippen LogP contribution in [0.1, 0.15) is 19.3 Å². The molecular formula is C15H19ClN6O3. The topological polar surface area (TPSA) is 113 Å². The van der Waals surface area contributed by atoms with Crippen molar-refractivity contribution >= 4 is 40.5 Å². The molecule has 0 bridgehead atoms. The lowest BCUT2D eigenvalue weighted by Gasteiger charge is -2.30. The van der Waals surface area contributed by atoms with Gasteiger partial charge in [0.1, 0.15) is 5.52 Å². The number of hydrogen-bond acceptors (Lipinski definition) is 7. The molecule has 0 unspecified atom stereocenters. The van der Waals surface area contributed by atoms with Crippen molar-refractivity contribution in [3.8, 4) is 0 Å². The molecule has 25 heavy (non-hydrogen) atoms. The van der Waals surface area contributed by atoms with Gasteiger partial charge in [-0.15, -0.1) is 0 Å². The van der Waals surface area contributed by atoms with E-state index >= 15 is 0 Å². The predicted molar refractivity (Wildman–Crippen MR) is 91.1 cm³/mol. The molecule has 1 amide bonds. The molecule has 0 aliphatic carbocycles. The maximum absolute atomic E-state index is 12.3. The molecule has 2 aromatic rings. The van der Waals surface area contributed by atoms with Crippen LogP contribution < -0.4 is 5.32 Å². The number of rotatable bonds is 5. The van der Waals surface area contributed by atoms with Gasteiger partial charge in [-0.25, -0.2) is 4.98 Å². The maximum Gasteiger partial charge on any atom is 0.308 e. The van der Waals surface area contributed by atoms with E-state index in [-0.39, 0.29) is 23.1 Å². The number of anilines is 1. The highest BCUT2D eigenvalue weighted by molar-refractivity contribution is 6.28. The first kappa shape index (κ1) is 17.4. The van der Waals surface area contributed by atoms with Gasteiger partial charge in [-0.1, -0.05) is 0 Å². The molecule has 2 N–H and O–H groups in total. The number of aromatic nitrogens is 4. The number of amides is 1. The molecular weight excluding hydrogens is 348 g/mol. The number of H-pyrrole nitrogens is 1. The molecule has 1 aliphatic heterocycles. The summed E-state index contributed by atoms with van der Waals surface area (Å²) in [4.78, 5) is 40.7. The molecule has 1 saturated heterocycles. The van der Waals surface area contributed by atoms with E-state index in [0.717, 1.165) is 0 Å². The van der Waals surface area contributed by atoms with Gasteiger partial charge in [0.05, 0.1) is 19.4 Å². The minimum Gasteiger partial charge on any atom is -0.469 e. The Morgan fingerprint density at radius 2 is 2.16 bits per heavy atom. The van der Waals surface area contributed by atoms with Gasteiger partial charge in [0.2, 0.25) is 11.2 Å². The van der Waals surface area contributed by atoms with Crippen LogP contribution in [-0.2, 0) is 14.3 Å². The highest BCUT2D eigenvalue weighted by Gasteiger charge is 2.27. The van der Waals surface area contributed by atoms with Crippen LogP contribution in [0.3, 0.4) is 0 Å². The third-order valence-corrected chi connectivity index (χ3v) is 4.44. The Bertz CT molecular complexity index is 772. The Morgan fingerprint density at radius 3 is 2.88 bits per heavy atom. The third-order valence-electron chi connectivity index (χ3n) is 4.27. The summed E-state index contributed by atoms with van der Waals surface area (Å²) in [6, 6.07) is 0. The average molecular weight is 367 g/mol. The number of halogens is 1. The van der Waals surface area contributed by atoms with Crippen molar-refractivity contribution < 1.29 is 14.3 Å². The standard InChI is InChI=1S/C15H19ClN6O3/c1-25-14(24)9-3-6-22(7-4-9)10(23)2-5-17-12-11-13(19-8-18-11)21-15(16)20-12/h8-9H,2-7H2,1H3,(H2,17,18,19,20,21). The van der Waals surface area contributed by atoms with Gasteiger partial charge in [0.15, 0.2) is 11.5 Å². The van der Waals surface area contributed by atoms with Crippen molar-refractivity contribution in [3.63, 3.8) is 0 Å². The van der Waals surface area contributed by atoms with E-state index in [4.69, 9.17) is 16.3 Å². The molecule has 134 valence electrons. The summed E-state index contributed by atoms with van der Waals surface area (Å²) in [6.07, 6.45) is 3.11. The molecule has 0 aromatic carbocycles. The van der Waals surface area contributed by atoms with E-state index in [0.29, 0.717) is 55.9 Å². The van der Waals surface area contributed by atoms with Gasteiger partial charge in [-0.2, -0.15) is 9.97 Å². The second-order valence-electron chi connectivity index (χ2n) is 5.80. The number of carbonyl (C=O) groups is 2. The number of nitrogens with one attached hydrogen (secondary N) is 2. The number of likely N-dealkylation sites (tertiary alicyclic amines) is 1. The van der Waals surface area contributed by atoms with Crippen molar-refractivity contribution in [2.75, 3.05) is 32.1 Å². The van der Waals surface area contributed by atoms with Crippen LogP contribution in [0.25, 0.3) is 11.2 Å². The quantitative estimate of drug-likeness (QED) is 0.604. The number of fused-ring (bicyclic) bond motifs is 1. The Morgan fingerprint density at radius 1 is 1.40 bits per heavy atom. The van der Waals surface area contributed by atoms with Crippen molar-refractivity contribution in [3.05, 3.63) is 11.6 Å². The number of ether oxygens (including phenoxy) is 1. The highest BCUT2D eigenvalue weighted by Crippen LogP contribution is 2.20. The predicted octanol–water partition coefficient (Wildman–Crippen LogP) is 1.22. The van der Waals surface area contributed by atoms with Crippen LogP contribution >= 0.6 is 11.6 Å². The molecule has 2 aromatic heterocycles. The van der Waals surface area contributed by atoms with Crippen LogP contribution in [-0.4, -0.2) is 63.5 Å². The van der Waals surface area contributed by atoms with Gasteiger partial charge < -0.3 is 19.9 Å². The molecule has 0 radical (unpaired) electrons. The number of nitrogens with zero attached hydrogens (tertiary/aromatic N) is 4. The Kier molecular flexibility index (Phi) is 5.32. The van der Waals surface area contributed by atoms with E-state index in [9.17, 15) is 9.59 Å². The lowest BCUT2D eigenvalue weighted by atomic mass is 9.97. The smallest absolute Gasteiger partial charge is 0.308 e. The molecule has 3 rings (SSSR count). The average Bonchev–Trinajstić information content (AvgIpc) is 3.09. The van der Waals surface area contributed by atoms with Crippen molar-refractivity contribution in [2.45, 2.75) is 19.3 Å². The van der Waals surface area contributed by atoms with Gasteiger partial charge in [-0.05, 0) is 24.4 Å². The molecule has 0 saturated carbocycles. The summed E-state index contributed by atoms with van der Waals surface area (Å²) >= 11 is 5.87. The zero-order valence-electron chi connectivity index (χ0n) is 13.8. The summed E-state index contributed by atoms with van der Waals surface area (Å²) in [7, 11) is 1.39. The van der Waals surface area contributed by atoms with Crippen LogP contribution in [0.15, 0.2) is 6.33 Å². The Balaban J connectivity index is 1.50. The second kappa shape index (κ2) is 7.64. The van der Waals surface area contributed by atoms with Crippen molar-refractivity contribution in [2.24, 2.45) is 5.92 Å². The van der Waals surface area contributed by atoms with Gasteiger partial charge in [-0.3, -0.25) is 9.59 Å². The Hall–Kier alpha value is -2.42. The van der Waals surface area contributed by atoms with Crippen molar-refractivity contribution in [1.82, 2.24) is 24.8 Å². The largest absolute Gasteiger partial charge is 0.469 e. The van der Waals surface area contributed by atoms with E-state index in [1.54, 1.807) is 4.90 Å². The summed E-state index contributed by atoms with van der Waals surface area (Å²) < 4.78 is 4.75. The summed E-state index contributed by atoms with van der Waals surface area (Å²) in [5.41, 5.74) is 1.12. The number of carbonyl (C=O) groups excluding carboxylic acids is 2. The van der Waals surface area contributed by atoms with Gasteiger partial charge in [0, 0.05) is 26.1 Å². The molecule has 0 spiro atoms. The highest BCUT2D eigenvalue weighted by atomic mass is 35.5. The maximum atomic E-state index is 12.3. The Labute approximate surface area is 149 Å². The van der Waals surface area contributed by atoms with Crippen LogP contribution in [0.5, 0.6) is 0 Å². The normalized spacial score (nSPS) is 15.4. The molecule has 10 heteroatoms. The number of piperidine rings is 1. The first-order valence-electron chi connectivity index (χ1n) is 8.04. The first-order chi connectivity index (χ1) is 12.1. The SMILES string of the molecule is COC(=O)C1CCN(C(=O)CCNc2nc(Cl)nc3nc[nH]c23)CC1. The number of hydrogen-bond donors (Lipinski definition) is 2. The van der Waals surface area contributed by atoms with E-state index in [2.05, 4.69) is 25.3 Å². The number of aromatic amines is 1. The van der Waals surface area contributed by atoms with Crippen LogP contribution in [0.2, 0.25) is 5.28 Å². The third kappa shape index (κ3) is 3.98. The fourth-order valence-corrected chi connectivity index (χ4v) is 3.08. The lowest BCUT2D eigenvalue weighted by Crippen LogP contribution is -2.41. The van der Waals surface area contributed by atoms with E-state index in [1.807, 2.05) is 0 Å². The van der Waals surface area contributed by atoms with Crippen molar-refractivity contribution in [1.29, 1.82) is 0 Å². The number of esters is 1. The zero-order chi connectivity index (χ0) is 17.8. The second-order valence-corrected chi connectivity index (χ2v) is 6.14. The molecule has 3 heterocycles. The number of methoxy groups -OCH3 is 1. The minimum absolute atomic E-state index is 0.0387. The number of imidazole rings is 1. The van der Waals surface area contributed by atoms with Gasteiger partial charge in [0.25, 0.3) is 0 Å². The molecule has 1 aliphatic rings. The van der Waals surface area contributed by atoms with E-state index in [1.165, 1.54) is 13.4 Å². The minimum atomic E-state index is -0.196. The monoisotopic (exact) mass is 366 g/mol. The van der Waals surface area contributed by atoms with E-state index < -0.39 is 0 Å². The fourth-order valence-electron chi connectivity index (χ4n) is 2.91. The lowest BCUT2D eigenvalue weighted by molar-refractivity contribution is -0.148. The summed E-state index contributed by atoms with van der Waals surface area (Å²) in [5, 5.41) is 3.19. The van der Waals surface area contributed by atoms with Gasteiger partial charge >= 0.3 is 5.97 Å². The molecule has 0 atom stereocenters.